The molecule has 0 spiro atoms. The fourth-order valence-electron chi connectivity index (χ4n) is 3.92. The number of aryl methyl sites for hydroxylation is 1. The van der Waals surface area contributed by atoms with E-state index in [0.29, 0.717) is 27.9 Å². The van der Waals surface area contributed by atoms with Crippen molar-refractivity contribution in [2.45, 2.75) is 58.2 Å². The van der Waals surface area contributed by atoms with E-state index < -0.39 is 6.04 Å². The lowest BCUT2D eigenvalue weighted by atomic mass is 10.0. The molecule has 0 saturated heterocycles. The minimum atomic E-state index is -0.699. The molecule has 3 rings (SSSR count). The van der Waals surface area contributed by atoms with Crippen LogP contribution in [0.15, 0.2) is 72.8 Å². The molecule has 0 radical (unpaired) electrons. The van der Waals surface area contributed by atoms with Crippen LogP contribution in [0.3, 0.4) is 0 Å². The Kier molecular flexibility index (Phi) is 10.7. The Morgan fingerprint density at radius 3 is 2.22 bits per heavy atom. The van der Waals surface area contributed by atoms with Crippen LogP contribution in [-0.4, -0.2) is 28.8 Å². The fraction of sp³-hybridized carbons (Fsp3) is 0.310. The molecular formula is C29H31Cl3N2O2. The molecule has 7 heteroatoms. The van der Waals surface area contributed by atoms with E-state index in [4.69, 9.17) is 34.8 Å². The van der Waals surface area contributed by atoms with Crippen molar-refractivity contribution >= 4 is 46.6 Å². The number of benzene rings is 3. The Bertz CT molecular complexity index is 1170. The van der Waals surface area contributed by atoms with E-state index in [0.717, 1.165) is 23.1 Å². The smallest absolute Gasteiger partial charge is 0.243 e. The lowest BCUT2D eigenvalue weighted by Gasteiger charge is -2.32. The van der Waals surface area contributed by atoms with E-state index in [1.165, 1.54) is 0 Å². The summed E-state index contributed by atoms with van der Waals surface area (Å²) in [4.78, 5) is 28.9. The van der Waals surface area contributed by atoms with E-state index >= 15 is 0 Å². The number of hydrogen-bond donors (Lipinski definition) is 1. The van der Waals surface area contributed by atoms with Gasteiger partial charge >= 0.3 is 0 Å². The molecule has 0 saturated carbocycles. The number of carbonyl (C=O) groups is 2. The predicted octanol–water partition coefficient (Wildman–Crippen LogP) is 7.13. The third-order valence-corrected chi connectivity index (χ3v) is 7.28. The van der Waals surface area contributed by atoms with Crippen molar-refractivity contribution in [1.82, 2.24) is 10.2 Å². The van der Waals surface area contributed by atoms with Gasteiger partial charge in [-0.25, -0.2) is 0 Å². The Morgan fingerprint density at radius 2 is 1.56 bits per heavy atom. The molecule has 190 valence electrons. The number of nitrogens with one attached hydrogen (secondary N) is 1. The van der Waals surface area contributed by atoms with Crippen LogP contribution in [0.25, 0.3) is 0 Å². The Balaban J connectivity index is 1.94. The maximum atomic E-state index is 13.7. The zero-order valence-electron chi connectivity index (χ0n) is 20.5. The SMILES string of the molecule is CC[C@@H](C)NC(=O)[C@H](Cc1ccccc1)N(Cc1ccc(Cl)c(Cl)c1)C(=O)CCc1ccccc1Cl. The molecule has 0 aliphatic heterocycles. The van der Waals surface area contributed by atoms with Gasteiger partial charge in [0.2, 0.25) is 11.8 Å². The summed E-state index contributed by atoms with van der Waals surface area (Å²) in [6, 6.07) is 21.8. The minimum absolute atomic E-state index is 0.0131. The number of halogens is 3. The molecule has 3 aromatic rings. The van der Waals surface area contributed by atoms with Gasteiger partial charge in [0.15, 0.2) is 0 Å². The van der Waals surface area contributed by atoms with E-state index in [9.17, 15) is 9.59 Å². The molecule has 0 aliphatic rings. The van der Waals surface area contributed by atoms with Crippen molar-refractivity contribution in [1.29, 1.82) is 0 Å². The molecular weight excluding hydrogens is 515 g/mol. The molecule has 2 atom stereocenters. The molecule has 0 heterocycles. The highest BCUT2D eigenvalue weighted by Gasteiger charge is 2.31. The molecule has 0 fully saturated rings. The van der Waals surface area contributed by atoms with Crippen LogP contribution in [0, 0.1) is 0 Å². The molecule has 36 heavy (non-hydrogen) atoms. The number of carbonyl (C=O) groups excluding carboxylic acids is 2. The molecule has 1 N–H and O–H groups in total. The number of rotatable bonds is 11. The molecule has 0 aromatic heterocycles. The summed E-state index contributed by atoms with van der Waals surface area (Å²) in [5.74, 6) is -0.319. The van der Waals surface area contributed by atoms with E-state index in [2.05, 4.69) is 5.32 Å². The van der Waals surface area contributed by atoms with Gasteiger partial charge in [-0.1, -0.05) is 96.3 Å². The number of amides is 2. The van der Waals surface area contributed by atoms with E-state index in [-0.39, 0.29) is 30.8 Å². The van der Waals surface area contributed by atoms with Crippen molar-refractivity contribution in [3.05, 3.63) is 105 Å². The first-order valence-corrected chi connectivity index (χ1v) is 13.2. The monoisotopic (exact) mass is 544 g/mol. The third-order valence-electron chi connectivity index (χ3n) is 6.18. The quantitative estimate of drug-likeness (QED) is 0.278. The lowest BCUT2D eigenvalue weighted by molar-refractivity contribution is -0.141. The zero-order valence-corrected chi connectivity index (χ0v) is 22.8. The van der Waals surface area contributed by atoms with Gasteiger partial charge in [0.05, 0.1) is 10.0 Å². The summed E-state index contributed by atoms with van der Waals surface area (Å²) in [7, 11) is 0. The van der Waals surface area contributed by atoms with Gasteiger partial charge in [0.1, 0.15) is 6.04 Å². The summed E-state index contributed by atoms with van der Waals surface area (Å²) in [6.07, 6.45) is 1.87. The normalized spacial score (nSPS) is 12.6. The van der Waals surface area contributed by atoms with Crippen molar-refractivity contribution in [3.63, 3.8) is 0 Å². The largest absolute Gasteiger partial charge is 0.352 e. The van der Waals surface area contributed by atoms with Crippen LogP contribution < -0.4 is 5.32 Å². The third kappa shape index (κ3) is 7.99. The highest BCUT2D eigenvalue weighted by Crippen LogP contribution is 2.25. The second-order valence-corrected chi connectivity index (χ2v) is 10.1. The van der Waals surface area contributed by atoms with Gasteiger partial charge in [-0.2, -0.15) is 0 Å². The van der Waals surface area contributed by atoms with Crippen LogP contribution in [0.1, 0.15) is 43.4 Å². The van der Waals surface area contributed by atoms with Crippen molar-refractivity contribution in [2.24, 2.45) is 0 Å². The maximum Gasteiger partial charge on any atom is 0.243 e. The Labute approximate surface area is 228 Å². The summed E-state index contributed by atoms with van der Waals surface area (Å²) < 4.78 is 0. The summed E-state index contributed by atoms with van der Waals surface area (Å²) in [6.45, 7) is 4.20. The Hall–Kier alpha value is -2.53. The van der Waals surface area contributed by atoms with Crippen LogP contribution in [-0.2, 0) is 29.0 Å². The molecule has 0 unspecified atom stereocenters. The molecule has 3 aromatic carbocycles. The van der Waals surface area contributed by atoms with Gasteiger partial charge in [-0.3, -0.25) is 9.59 Å². The van der Waals surface area contributed by atoms with Gasteiger partial charge in [0, 0.05) is 30.5 Å². The first kappa shape index (κ1) is 28.0. The van der Waals surface area contributed by atoms with Crippen LogP contribution in [0.4, 0.5) is 0 Å². The van der Waals surface area contributed by atoms with Crippen molar-refractivity contribution in [3.8, 4) is 0 Å². The number of nitrogens with zero attached hydrogens (tertiary/aromatic N) is 1. The highest BCUT2D eigenvalue weighted by atomic mass is 35.5. The second kappa shape index (κ2) is 13.7. The van der Waals surface area contributed by atoms with Gasteiger partial charge in [-0.15, -0.1) is 0 Å². The summed E-state index contributed by atoms with van der Waals surface area (Å²) >= 11 is 18.7. The first-order valence-electron chi connectivity index (χ1n) is 12.1. The highest BCUT2D eigenvalue weighted by molar-refractivity contribution is 6.42. The van der Waals surface area contributed by atoms with Crippen molar-refractivity contribution in [2.75, 3.05) is 0 Å². The predicted molar refractivity (Wildman–Crippen MR) is 149 cm³/mol. The summed E-state index contributed by atoms with van der Waals surface area (Å²) in [5, 5.41) is 4.54. The van der Waals surface area contributed by atoms with Gasteiger partial charge in [0.25, 0.3) is 0 Å². The van der Waals surface area contributed by atoms with Gasteiger partial charge in [-0.05, 0) is 54.7 Å². The Morgan fingerprint density at radius 1 is 0.861 bits per heavy atom. The van der Waals surface area contributed by atoms with E-state index in [1.807, 2.05) is 74.5 Å². The number of hydrogen-bond acceptors (Lipinski definition) is 2. The minimum Gasteiger partial charge on any atom is -0.352 e. The average molecular weight is 546 g/mol. The fourth-order valence-corrected chi connectivity index (χ4v) is 4.47. The maximum absolute atomic E-state index is 13.7. The first-order chi connectivity index (χ1) is 17.3. The molecule has 0 bridgehead atoms. The summed E-state index contributed by atoms with van der Waals surface area (Å²) in [5.41, 5.74) is 2.66. The lowest BCUT2D eigenvalue weighted by Crippen LogP contribution is -2.52. The standard InChI is InChI=1S/C29H31Cl3N2O2/c1-3-20(2)33-29(36)27(18-21-9-5-4-6-10-21)34(19-22-13-15-25(31)26(32)17-22)28(35)16-14-23-11-7-8-12-24(23)30/h4-13,15,17,20,27H,3,14,16,18-19H2,1-2H3,(H,33,36)/t20-,27+/m1/s1. The van der Waals surface area contributed by atoms with E-state index in [1.54, 1.807) is 17.0 Å². The van der Waals surface area contributed by atoms with Gasteiger partial charge < -0.3 is 10.2 Å². The van der Waals surface area contributed by atoms with Crippen molar-refractivity contribution < 1.29 is 9.59 Å². The zero-order chi connectivity index (χ0) is 26.1. The molecule has 4 nitrogen and oxygen atoms in total. The average Bonchev–Trinajstić information content (AvgIpc) is 2.88. The van der Waals surface area contributed by atoms with Crippen LogP contribution in [0.5, 0.6) is 0 Å². The van der Waals surface area contributed by atoms with Crippen LogP contribution in [0.2, 0.25) is 15.1 Å². The van der Waals surface area contributed by atoms with Crippen LogP contribution >= 0.6 is 34.8 Å². The topological polar surface area (TPSA) is 49.4 Å². The molecule has 2 amide bonds. The second-order valence-electron chi connectivity index (χ2n) is 8.88. The molecule has 0 aliphatic carbocycles.